The molecule has 9 nitrogen and oxygen atoms in total. The fourth-order valence-electron chi connectivity index (χ4n) is 1.54. The quantitative estimate of drug-likeness (QED) is 0.672. The molecule has 0 bridgehead atoms. The van der Waals surface area contributed by atoms with Crippen molar-refractivity contribution in [2.45, 2.75) is 20.3 Å². The molecule has 0 aliphatic carbocycles. The molecule has 0 radical (unpaired) electrons. The van der Waals surface area contributed by atoms with Gasteiger partial charge in [0, 0.05) is 6.54 Å². The normalized spacial score (nSPS) is 12.2. The first-order valence-corrected chi connectivity index (χ1v) is 5.90. The summed E-state index contributed by atoms with van der Waals surface area (Å²) in [5, 5.41) is 24.8. The van der Waals surface area contributed by atoms with Gasteiger partial charge in [-0.1, -0.05) is 18.9 Å². The number of tetrazole rings is 1. The van der Waals surface area contributed by atoms with Crippen molar-refractivity contribution in [3.63, 3.8) is 0 Å². The molecule has 1 heterocycles. The minimum Gasteiger partial charge on any atom is -0.481 e. The van der Waals surface area contributed by atoms with Crippen LogP contribution in [0.5, 0.6) is 0 Å². The number of hydrogen-bond acceptors (Lipinski definition) is 5. The monoisotopic (exact) mass is 270 g/mol. The Morgan fingerprint density at radius 1 is 1.42 bits per heavy atom. The van der Waals surface area contributed by atoms with Gasteiger partial charge in [0.05, 0.1) is 13.0 Å². The van der Waals surface area contributed by atoms with Crippen molar-refractivity contribution in [3.8, 4) is 0 Å². The molecular formula is C10H18N6O3. The van der Waals surface area contributed by atoms with Crippen LogP contribution in [0.25, 0.3) is 0 Å². The van der Waals surface area contributed by atoms with Gasteiger partial charge in [-0.15, -0.1) is 5.10 Å². The van der Waals surface area contributed by atoms with Crippen LogP contribution in [0.2, 0.25) is 0 Å². The summed E-state index contributed by atoms with van der Waals surface area (Å²) in [7, 11) is 1.57. The molecule has 2 amide bonds. The van der Waals surface area contributed by atoms with E-state index in [9.17, 15) is 9.59 Å². The molecule has 1 aromatic heterocycles. The lowest BCUT2D eigenvalue weighted by Gasteiger charge is -2.15. The maximum absolute atomic E-state index is 11.5. The third-order valence-electron chi connectivity index (χ3n) is 2.35. The van der Waals surface area contributed by atoms with Crippen molar-refractivity contribution in [1.82, 2.24) is 25.5 Å². The Balaban J connectivity index is 2.41. The van der Waals surface area contributed by atoms with Crippen LogP contribution >= 0.6 is 0 Å². The second-order valence-electron chi connectivity index (χ2n) is 4.60. The summed E-state index contributed by atoms with van der Waals surface area (Å²) in [4.78, 5) is 23.7. The third kappa shape index (κ3) is 5.32. The predicted molar refractivity (Wildman–Crippen MR) is 66.4 cm³/mol. The van der Waals surface area contributed by atoms with Crippen LogP contribution < -0.4 is 10.6 Å². The lowest BCUT2D eigenvalue weighted by molar-refractivity contribution is -0.142. The highest BCUT2D eigenvalue weighted by atomic mass is 16.4. The first kappa shape index (κ1) is 14.9. The Hall–Kier alpha value is -2.19. The number of nitrogens with one attached hydrogen (secondary N) is 2. The first-order chi connectivity index (χ1) is 8.88. The molecule has 0 aliphatic heterocycles. The number of hydrogen-bond donors (Lipinski definition) is 3. The van der Waals surface area contributed by atoms with E-state index in [0.29, 0.717) is 6.42 Å². The smallest absolute Gasteiger partial charge is 0.321 e. The summed E-state index contributed by atoms with van der Waals surface area (Å²) >= 11 is 0. The SMILES string of the molecule is CC(C)CC(CNC(=O)Nc1nnn(C)n1)C(=O)O. The number of anilines is 1. The van der Waals surface area contributed by atoms with E-state index in [1.165, 1.54) is 4.80 Å². The van der Waals surface area contributed by atoms with Gasteiger partial charge in [0.25, 0.3) is 5.95 Å². The Bertz CT molecular complexity index is 444. The average molecular weight is 270 g/mol. The molecule has 19 heavy (non-hydrogen) atoms. The van der Waals surface area contributed by atoms with Gasteiger partial charge in [0.1, 0.15) is 0 Å². The van der Waals surface area contributed by atoms with Crippen molar-refractivity contribution in [2.24, 2.45) is 18.9 Å². The molecule has 106 valence electrons. The molecule has 0 saturated carbocycles. The maximum atomic E-state index is 11.5. The minimum atomic E-state index is -0.924. The second-order valence-corrected chi connectivity index (χ2v) is 4.60. The van der Waals surface area contributed by atoms with Gasteiger partial charge in [0.15, 0.2) is 0 Å². The zero-order chi connectivity index (χ0) is 14.4. The average Bonchev–Trinajstić information content (AvgIpc) is 2.69. The van der Waals surface area contributed by atoms with Gasteiger partial charge in [-0.2, -0.15) is 4.80 Å². The van der Waals surface area contributed by atoms with Crippen molar-refractivity contribution in [3.05, 3.63) is 0 Å². The maximum Gasteiger partial charge on any atom is 0.321 e. The molecular weight excluding hydrogens is 252 g/mol. The van der Waals surface area contributed by atoms with Crippen molar-refractivity contribution < 1.29 is 14.7 Å². The number of carbonyl (C=O) groups excluding carboxylic acids is 1. The highest BCUT2D eigenvalue weighted by Gasteiger charge is 2.19. The topological polar surface area (TPSA) is 122 Å². The number of aromatic nitrogens is 4. The highest BCUT2D eigenvalue weighted by Crippen LogP contribution is 2.11. The van der Waals surface area contributed by atoms with Crippen molar-refractivity contribution >= 4 is 17.9 Å². The summed E-state index contributed by atoms with van der Waals surface area (Å²) in [5.41, 5.74) is 0. The third-order valence-corrected chi connectivity index (χ3v) is 2.35. The van der Waals surface area contributed by atoms with E-state index in [1.807, 2.05) is 13.8 Å². The Kier molecular flexibility index (Phi) is 5.22. The molecule has 9 heteroatoms. The highest BCUT2D eigenvalue weighted by molar-refractivity contribution is 5.87. The van der Waals surface area contributed by atoms with Crippen molar-refractivity contribution in [1.29, 1.82) is 0 Å². The van der Waals surface area contributed by atoms with Crippen LogP contribution in [-0.4, -0.2) is 43.9 Å². The van der Waals surface area contributed by atoms with Crippen LogP contribution in [0.15, 0.2) is 0 Å². The Morgan fingerprint density at radius 2 is 2.11 bits per heavy atom. The Labute approximate surface area is 110 Å². The van der Waals surface area contributed by atoms with Gasteiger partial charge in [0.2, 0.25) is 0 Å². The molecule has 0 aliphatic rings. The molecule has 1 atom stereocenters. The number of nitrogens with zero attached hydrogens (tertiary/aromatic N) is 4. The number of carboxylic acids is 1. The molecule has 1 rings (SSSR count). The summed E-state index contributed by atoms with van der Waals surface area (Å²) < 4.78 is 0. The summed E-state index contributed by atoms with van der Waals surface area (Å²) in [5.74, 6) is -1.23. The minimum absolute atomic E-state index is 0.0552. The van der Waals surface area contributed by atoms with E-state index in [4.69, 9.17) is 5.11 Å². The number of carboxylic acid groups (broad SMARTS) is 1. The van der Waals surface area contributed by atoms with E-state index in [2.05, 4.69) is 26.0 Å². The summed E-state index contributed by atoms with van der Waals surface area (Å²) in [6, 6.07) is -0.553. The molecule has 0 spiro atoms. The van der Waals surface area contributed by atoms with E-state index in [1.54, 1.807) is 7.05 Å². The number of urea groups is 1. The van der Waals surface area contributed by atoms with E-state index >= 15 is 0 Å². The fourth-order valence-corrected chi connectivity index (χ4v) is 1.54. The van der Waals surface area contributed by atoms with Gasteiger partial charge < -0.3 is 10.4 Å². The van der Waals surface area contributed by atoms with Crippen LogP contribution in [0.3, 0.4) is 0 Å². The molecule has 0 aromatic carbocycles. The lowest BCUT2D eigenvalue weighted by Crippen LogP contribution is -2.36. The number of amides is 2. The number of carbonyl (C=O) groups is 2. The van der Waals surface area contributed by atoms with E-state index in [0.717, 1.165) is 0 Å². The van der Waals surface area contributed by atoms with Gasteiger partial charge in [-0.05, 0) is 17.6 Å². The van der Waals surface area contributed by atoms with E-state index in [-0.39, 0.29) is 18.4 Å². The zero-order valence-electron chi connectivity index (χ0n) is 11.1. The second kappa shape index (κ2) is 6.66. The van der Waals surface area contributed by atoms with Crippen LogP contribution in [-0.2, 0) is 11.8 Å². The van der Waals surface area contributed by atoms with Crippen LogP contribution in [0, 0.1) is 11.8 Å². The number of aliphatic carboxylic acids is 1. The van der Waals surface area contributed by atoms with Gasteiger partial charge in [-0.3, -0.25) is 10.1 Å². The number of aryl methyl sites for hydroxylation is 1. The Morgan fingerprint density at radius 3 is 2.58 bits per heavy atom. The van der Waals surface area contributed by atoms with Gasteiger partial charge >= 0.3 is 12.0 Å². The molecule has 3 N–H and O–H groups in total. The van der Waals surface area contributed by atoms with E-state index < -0.39 is 17.9 Å². The summed E-state index contributed by atoms with van der Waals surface area (Å²) in [6.07, 6.45) is 0.499. The zero-order valence-corrected chi connectivity index (χ0v) is 11.1. The molecule has 1 unspecified atom stereocenters. The standard InChI is InChI=1S/C10H18N6O3/c1-6(2)4-7(8(17)18)5-11-10(19)12-9-13-15-16(3)14-9/h6-7H,4-5H2,1-3H3,(H,17,18)(H2,11,12,14,19). The van der Waals surface area contributed by atoms with Crippen molar-refractivity contribution in [2.75, 3.05) is 11.9 Å². The number of rotatable bonds is 6. The fraction of sp³-hybridized carbons (Fsp3) is 0.700. The van der Waals surface area contributed by atoms with Crippen LogP contribution in [0.4, 0.5) is 10.7 Å². The van der Waals surface area contributed by atoms with Gasteiger partial charge in [-0.25, -0.2) is 4.79 Å². The largest absolute Gasteiger partial charge is 0.481 e. The first-order valence-electron chi connectivity index (χ1n) is 5.90. The molecule has 0 fully saturated rings. The lowest BCUT2D eigenvalue weighted by atomic mass is 9.97. The molecule has 0 saturated heterocycles. The predicted octanol–water partition coefficient (Wildman–Crippen LogP) is 0.0785. The molecule has 1 aromatic rings. The van der Waals surface area contributed by atoms with Crippen LogP contribution in [0.1, 0.15) is 20.3 Å². The summed E-state index contributed by atoms with van der Waals surface area (Å²) in [6.45, 7) is 3.92.